The van der Waals surface area contributed by atoms with Crippen LogP contribution in [0, 0.1) is 5.41 Å². The molecule has 0 aliphatic heterocycles. The van der Waals surface area contributed by atoms with E-state index in [1.807, 2.05) is 34.6 Å². The number of hydrogen-bond acceptors (Lipinski definition) is 6. The molecule has 124 valence electrons. The smallest absolute Gasteiger partial charge is 0.247 e. The number of amides is 1. The number of rotatable bonds is 5. The molecule has 0 bridgehead atoms. The highest BCUT2D eigenvalue weighted by Gasteiger charge is 2.62. The minimum absolute atomic E-state index is 0.0706. The zero-order valence-electron chi connectivity index (χ0n) is 14.2. The van der Waals surface area contributed by atoms with Crippen LogP contribution in [0.1, 0.15) is 59.7 Å². The lowest BCUT2D eigenvalue weighted by Gasteiger charge is -2.56. The molecular weight excluding hydrogens is 284 g/mol. The second kappa shape index (κ2) is 5.31. The summed E-state index contributed by atoms with van der Waals surface area (Å²) >= 11 is 0. The van der Waals surface area contributed by atoms with Gasteiger partial charge in [0.05, 0.1) is 11.6 Å². The summed E-state index contributed by atoms with van der Waals surface area (Å²) in [6.45, 7) is 11.8. The number of carbonyl (C=O) groups excluding carboxylic acids is 1. The Morgan fingerprint density at radius 1 is 1.55 bits per heavy atom. The fraction of sp³-hybridized carbons (Fsp3) is 0.800. The van der Waals surface area contributed by atoms with Crippen LogP contribution in [-0.2, 0) is 20.6 Å². The molecule has 0 aromatic carbocycles. The van der Waals surface area contributed by atoms with Gasteiger partial charge in [-0.1, -0.05) is 19.0 Å². The van der Waals surface area contributed by atoms with Crippen LogP contribution in [0.25, 0.3) is 0 Å². The highest BCUT2D eigenvalue weighted by molar-refractivity contribution is 5.73. The summed E-state index contributed by atoms with van der Waals surface area (Å²) in [6, 6.07) is 0. The van der Waals surface area contributed by atoms with Gasteiger partial charge in [-0.25, -0.2) is 0 Å². The van der Waals surface area contributed by atoms with Gasteiger partial charge in [0.1, 0.15) is 5.54 Å². The Kier molecular flexibility index (Phi) is 4.08. The Bertz CT molecular complexity index is 567. The van der Waals surface area contributed by atoms with Crippen LogP contribution in [0.2, 0.25) is 0 Å². The number of carbonyl (C=O) groups is 1. The van der Waals surface area contributed by atoms with Crippen molar-refractivity contribution in [3.63, 3.8) is 0 Å². The zero-order valence-corrected chi connectivity index (χ0v) is 14.2. The molecular formula is C15H26N4O3. The van der Waals surface area contributed by atoms with Crippen molar-refractivity contribution in [3.8, 4) is 0 Å². The second-order valence-corrected chi connectivity index (χ2v) is 7.07. The number of aromatic nitrogens is 2. The summed E-state index contributed by atoms with van der Waals surface area (Å²) in [5, 5.41) is 6.80. The SMILES string of the molecule is CCOC1CC(N)(c2nc(C(C)(C)NC(C)=O)no2)C1(C)C. The van der Waals surface area contributed by atoms with Crippen molar-refractivity contribution in [1.29, 1.82) is 0 Å². The van der Waals surface area contributed by atoms with Crippen molar-refractivity contribution in [2.24, 2.45) is 11.1 Å². The van der Waals surface area contributed by atoms with Crippen molar-refractivity contribution >= 4 is 5.91 Å². The summed E-state index contributed by atoms with van der Waals surface area (Å²) in [5.41, 5.74) is 4.79. The molecule has 1 aromatic heterocycles. The Morgan fingerprint density at radius 3 is 2.68 bits per heavy atom. The van der Waals surface area contributed by atoms with Crippen LogP contribution in [0.5, 0.6) is 0 Å². The third-order valence-electron chi connectivity index (χ3n) is 4.69. The van der Waals surface area contributed by atoms with Crippen molar-refractivity contribution in [2.75, 3.05) is 6.61 Å². The number of hydrogen-bond donors (Lipinski definition) is 2. The molecule has 2 rings (SSSR count). The highest BCUT2D eigenvalue weighted by Crippen LogP contribution is 2.55. The third kappa shape index (κ3) is 2.52. The lowest BCUT2D eigenvalue weighted by atomic mass is 9.54. The van der Waals surface area contributed by atoms with Gasteiger partial charge in [0.2, 0.25) is 11.8 Å². The average Bonchev–Trinajstić information content (AvgIpc) is 2.87. The van der Waals surface area contributed by atoms with Gasteiger partial charge in [-0.15, -0.1) is 0 Å². The Morgan fingerprint density at radius 2 is 2.18 bits per heavy atom. The van der Waals surface area contributed by atoms with Gasteiger partial charge in [-0.2, -0.15) is 4.98 Å². The van der Waals surface area contributed by atoms with Crippen molar-refractivity contribution < 1.29 is 14.1 Å². The predicted molar refractivity (Wildman–Crippen MR) is 80.8 cm³/mol. The maximum Gasteiger partial charge on any atom is 0.247 e. The molecule has 1 fully saturated rings. The van der Waals surface area contributed by atoms with Gasteiger partial charge in [-0.05, 0) is 20.8 Å². The molecule has 0 spiro atoms. The summed E-state index contributed by atoms with van der Waals surface area (Å²) in [7, 11) is 0. The normalized spacial score (nSPS) is 27.3. The summed E-state index contributed by atoms with van der Waals surface area (Å²) in [4.78, 5) is 15.7. The highest BCUT2D eigenvalue weighted by atomic mass is 16.5. The van der Waals surface area contributed by atoms with E-state index in [1.54, 1.807) is 0 Å². The monoisotopic (exact) mass is 310 g/mol. The fourth-order valence-corrected chi connectivity index (χ4v) is 2.95. The van der Waals surface area contributed by atoms with E-state index in [0.29, 0.717) is 24.7 Å². The van der Waals surface area contributed by atoms with Gasteiger partial charge in [0.15, 0.2) is 5.82 Å². The van der Waals surface area contributed by atoms with E-state index >= 15 is 0 Å². The number of nitrogens with two attached hydrogens (primary N) is 1. The van der Waals surface area contributed by atoms with Crippen LogP contribution >= 0.6 is 0 Å². The Balaban J connectivity index is 2.24. The zero-order chi connectivity index (χ0) is 16.8. The molecule has 0 radical (unpaired) electrons. The van der Waals surface area contributed by atoms with Crippen molar-refractivity contribution in [2.45, 2.75) is 65.1 Å². The van der Waals surface area contributed by atoms with E-state index in [4.69, 9.17) is 15.0 Å². The third-order valence-corrected chi connectivity index (χ3v) is 4.69. The first-order chi connectivity index (χ1) is 10.0. The van der Waals surface area contributed by atoms with E-state index in [0.717, 1.165) is 0 Å². The molecule has 3 N–H and O–H groups in total. The summed E-state index contributed by atoms with van der Waals surface area (Å²) in [6.07, 6.45) is 0.706. The fourth-order valence-electron chi connectivity index (χ4n) is 2.95. The second-order valence-electron chi connectivity index (χ2n) is 7.07. The van der Waals surface area contributed by atoms with E-state index < -0.39 is 11.1 Å². The largest absolute Gasteiger partial charge is 0.378 e. The Hall–Kier alpha value is -1.47. The van der Waals surface area contributed by atoms with Gasteiger partial charge in [0.25, 0.3) is 0 Å². The average molecular weight is 310 g/mol. The van der Waals surface area contributed by atoms with Gasteiger partial charge in [0, 0.05) is 25.4 Å². The van der Waals surface area contributed by atoms with Crippen molar-refractivity contribution in [3.05, 3.63) is 11.7 Å². The molecule has 2 unspecified atom stereocenters. The number of nitrogens with one attached hydrogen (secondary N) is 1. The van der Waals surface area contributed by atoms with Crippen LogP contribution in [0.3, 0.4) is 0 Å². The minimum Gasteiger partial charge on any atom is -0.378 e. The molecule has 2 atom stereocenters. The lowest BCUT2D eigenvalue weighted by Crippen LogP contribution is -2.67. The lowest BCUT2D eigenvalue weighted by molar-refractivity contribution is -0.162. The van der Waals surface area contributed by atoms with E-state index in [9.17, 15) is 4.79 Å². The number of ether oxygens (including phenoxy) is 1. The van der Waals surface area contributed by atoms with Gasteiger partial charge >= 0.3 is 0 Å². The Labute approximate surface area is 131 Å². The van der Waals surface area contributed by atoms with E-state index in [2.05, 4.69) is 15.5 Å². The molecule has 0 saturated heterocycles. The van der Waals surface area contributed by atoms with Gasteiger partial charge in [-0.3, -0.25) is 4.79 Å². The quantitative estimate of drug-likeness (QED) is 0.852. The first-order valence-corrected chi connectivity index (χ1v) is 7.58. The first-order valence-electron chi connectivity index (χ1n) is 7.58. The van der Waals surface area contributed by atoms with Gasteiger partial charge < -0.3 is 20.3 Å². The topological polar surface area (TPSA) is 103 Å². The van der Waals surface area contributed by atoms with E-state index in [-0.39, 0.29) is 17.4 Å². The van der Waals surface area contributed by atoms with Crippen LogP contribution < -0.4 is 11.1 Å². The maximum absolute atomic E-state index is 11.3. The molecule has 1 aliphatic rings. The van der Waals surface area contributed by atoms with Crippen molar-refractivity contribution in [1.82, 2.24) is 15.5 Å². The standard InChI is InChI=1S/C15H26N4O3/c1-7-21-10-8-15(16,13(10,3)4)12-17-11(19-22-12)14(5,6)18-9(2)20/h10H,7-8,16H2,1-6H3,(H,18,20). The van der Waals surface area contributed by atoms with Crippen LogP contribution in [0.15, 0.2) is 4.52 Å². The molecule has 1 amide bonds. The number of nitrogens with zero attached hydrogens (tertiary/aromatic N) is 2. The summed E-state index contributed by atoms with van der Waals surface area (Å²) < 4.78 is 11.1. The van der Waals surface area contributed by atoms with E-state index in [1.165, 1.54) is 6.92 Å². The van der Waals surface area contributed by atoms with Crippen LogP contribution in [-0.4, -0.2) is 28.8 Å². The minimum atomic E-state index is -0.718. The maximum atomic E-state index is 11.3. The molecule has 22 heavy (non-hydrogen) atoms. The first kappa shape index (κ1) is 16.9. The molecule has 7 nitrogen and oxygen atoms in total. The van der Waals surface area contributed by atoms with Crippen LogP contribution in [0.4, 0.5) is 0 Å². The molecule has 7 heteroatoms. The molecule has 1 heterocycles. The molecule has 1 saturated carbocycles. The summed E-state index contributed by atoms with van der Waals surface area (Å²) in [5.74, 6) is 0.652. The predicted octanol–water partition coefficient (Wildman–Crippen LogP) is 1.43. The molecule has 1 aliphatic carbocycles. The molecule has 1 aromatic rings.